The number of ether oxygens (including phenoxy) is 2. The Kier molecular flexibility index (Phi) is 44.4. The molecule has 0 aliphatic rings. The van der Waals surface area contributed by atoms with Crippen LogP contribution < -0.4 is 0 Å². The van der Waals surface area contributed by atoms with Crippen LogP contribution in [0.15, 0.2) is 0 Å². The summed E-state index contributed by atoms with van der Waals surface area (Å²) in [6.07, 6.45) is 3.85. The number of aliphatic hydroxyl groups is 2. The van der Waals surface area contributed by atoms with Gasteiger partial charge >= 0.3 is 11.9 Å². The molecule has 160 valence electrons. The van der Waals surface area contributed by atoms with Crippen molar-refractivity contribution in [1.29, 1.82) is 0 Å². The topological polar surface area (TPSA) is 127 Å². The molecule has 0 amide bonds. The molecule has 0 spiro atoms. The molecular weight excluding hydrogens is 392 g/mol. The predicted molar refractivity (Wildman–Crippen MR) is 98.6 cm³/mol. The second-order valence-electron chi connectivity index (χ2n) is 5.06. The van der Waals surface area contributed by atoms with Gasteiger partial charge in [0.15, 0.2) is 0 Å². The van der Waals surface area contributed by atoms with Crippen LogP contribution in [0.4, 0.5) is 0 Å². The van der Waals surface area contributed by atoms with Crippen molar-refractivity contribution in [1.82, 2.24) is 0 Å². The van der Waals surface area contributed by atoms with Crippen molar-refractivity contribution in [3.63, 3.8) is 0 Å². The number of aliphatic hydroxyl groups excluding tert-OH is 2. The third-order valence-corrected chi connectivity index (χ3v) is 2.27. The largest absolute Gasteiger partial charge is 0.469 e. The summed E-state index contributed by atoms with van der Waals surface area (Å²) in [6.45, 7) is 7.48. The first-order valence-electron chi connectivity index (χ1n) is 8.50. The van der Waals surface area contributed by atoms with Gasteiger partial charge in [-0.05, 0) is 26.7 Å². The minimum atomic E-state index is -0.475. The van der Waals surface area contributed by atoms with Crippen LogP contribution in [0.3, 0.4) is 0 Å². The zero-order valence-corrected chi connectivity index (χ0v) is 19.1. The van der Waals surface area contributed by atoms with E-state index in [-0.39, 0.29) is 46.1 Å². The second-order valence-corrected chi connectivity index (χ2v) is 5.06. The van der Waals surface area contributed by atoms with E-state index in [1.54, 1.807) is 0 Å². The van der Waals surface area contributed by atoms with Crippen molar-refractivity contribution >= 4 is 23.5 Å². The van der Waals surface area contributed by atoms with Gasteiger partial charge in [-0.3, -0.25) is 19.2 Å². The number of ketones is 2. The first-order chi connectivity index (χ1) is 12.2. The van der Waals surface area contributed by atoms with E-state index in [2.05, 4.69) is 23.3 Å². The van der Waals surface area contributed by atoms with Gasteiger partial charge in [0.2, 0.25) is 0 Å². The molecule has 0 radical (unpaired) electrons. The minimum absolute atomic E-state index is 0. The number of Topliss-reactive ketones (excluding diaryl/α,β-unsaturated/α-hetero) is 2. The molecule has 0 rings (SSSR count). The molecule has 0 saturated heterocycles. The van der Waals surface area contributed by atoms with Crippen LogP contribution >= 0.6 is 0 Å². The van der Waals surface area contributed by atoms with E-state index < -0.39 is 11.9 Å². The molecule has 0 aromatic heterocycles. The number of carbonyl (C=O) groups is 4. The van der Waals surface area contributed by atoms with Crippen LogP contribution in [0.1, 0.15) is 66.2 Å². The standard InChI is InChI=1S/2C5H8O3.2C4H10O.Ti/c2*1-4(6)3-5(7)8-2;2*1-2-3-4-5;/h2*3H2,1-2H3;2*5H,2-4H2,1H3;. The Morgan fingerprint density at radius 2 is 0.963 bits per heavy atom. The molecule has 2 N–H and O–H groups in total. The number of hydrogen-bond donors (Lipinski definition) is 2. The van der Waals surface area contributed by atoms with Gasteiger partial charge in [-0.25, -0.2) is 0 Å². The van der Waals surface area contributed by atoms with Gasteiger partial charge in [0, 0.05) is 34.9 Å². The molecule has 0 aromatic rings. The molecule has 27 heavy (non-hydrogen) atoms. The molecule has 0 aliphatic carbocycles. The first-order valence-corrected chi connectivity index (χ1v) is 8.50. The van der Waals surface area contributed by atoms with Crippen molar-refractivity contribution < 1.29 is 60.6 Å². The van der Waals surface area contributed by atoms with E-state index in [4.69, 9.17) is 10.2 Å². The Bertz CT molecular complexity index is 321. The van der Waals surface area contributed by atoms with Gasteiger partial charge in [-0.15, -0.1) is 0 Å². The average molecular weight is 428 g/mol. The number of unbranched alkanes of at least 4 members (excludes halogenated alkanes) is 2. The molecule has 0 aromatic carbocycles. The van der Waals surface area contributed by atoms with Gasteiger partial charge in [-0.2, -0.15) is 0 Å². The van der Waals surface area contributed by atoms with Gasteiger partial charge < -0.3 is 19.7 Å². The normalized spacial score (nSPS) is 8.00. The number of hydrogen-bond acceptors (Lipinski definition) is 8. The van der Waals surface area contributed by atoms with Gasteiger partial charge in [0.25, 0.3) is 0 Å². The zero-order valence-electron chi connectivity index (χ0n) is 17.5. The summed E-state index contributed by atoms with van der Waals surface area (Å²) in [5.41, 5.74) is 0. The van der Waals surface area contributed by atoms with E-state index >= 15 is 0 Å². The molecule has 0 bridgehead atoms. The minimum Gasteiger partial charge on any atom is -0.469 e. The number of rotatable bonds is 8. The third kappa shape index (κ3) is 58.8. The smallest absolute Gasteiger partial charge is 0.313 e. The van der Waals surface area contributed by atoms with Crippen molar-refractivity contribution in [2.75, 3.05) is 27.4 Å². The molecule has 0 atom stereocenters. The number of esters is 2. The van der Waals surface area contributed by atoms with Crippen LogP contribution in [-0.2, 0) is 50.4 Å². The van der Waals surface area contributed by atoms with Crippen LogP contribution in [0.5, 0.6) is 0 Å². The molecule has 0 fully saturated rings. The summed E-state index contributed by atoms with van der Waals surface area (Å²) >= 11 is 0. The van der Waals surface area contributed by atoms with E-state index in [1.807, 2.05) is 0 Å². The Balaban J connectivity index is -0.0000000807. The van der Waals surface area contributed by atoms with Crippen molar-refractivity contribution in [2.45, 2.75) is 66.2 Å². The summed E-state index contributed by atoms with van der Waals surface area (Å²) in [6, 6.07) is 0. The Labute approximate surface area is 177 Å². The van der Waals surface area contributed by atoms with Gasteiger partial charge in [0.1, 0.15) is 24.4 Å². The fraction of sp³-hybridized carbons (Fsp3) is 0.778. The molecule has 0 heterocycles. The molecule has 0 saturated carbocycles. The predicted octanol–water partition coefficient (Wildman–Crippen LogP) is 1.83. The third-order valence-electron chi connectivity index (χ3n) is 2.27. The van der Waals surface area contributed by atoms with E-state index in [0.717, 1.165) is 25.7 Å². The molecule has 8 nitrogen and oxygen atoms in total. The van der Waals surface area contributed by atoms with Crippen LogP contribution in [-0.4, -0.2) is 61.2 Å². The quantitative estimate of drug-likeness (QED) is 0.341. The van der Waals surface area contributed by atoms with Crippen molar-refractivity contribution in [3.8, 4) is 0 Å². The molecule has 0 unspecified atom stereocenters. The van der Waals surface area contributed by atoms with Crippen molar-refractivity contribution in [2.24, 2.45) is 0 Å². The monoisotopic (exact) mass is 428 g/mol. The summed E-state index contributed by atoms with van der Waals surface area (Å²) in [4.78, 5) is 40.6. The SMILES string of the molecule is CCCCO.CCCCO.COC(=O)CC(C)=O.COC(=O)CC(C)=O.[Ti]. The number of methoxy groups -OCH3 is 2. The maximum Gasteiger partial charge on any atom is 0.313 e. The van der Waals surface area contributed by atoms with E-state index in [0.29, 0.717) is 13.2 Å². The summed E-state index contributed by atoms with van der Waals surface area (Å²) in [5, 5.41) is 16.1. The Hall–Kier alpha value is -1.09. The van der Waals surface area contributed by atoms with Gasteiger partial charge in [-0.1, -0.05) is 26.7 Å². The van der Waals surface area contributed by atoms with E-state index in [9.17, 15) is 19.2 Å². The fourth-order valence-electron chi connectivity index (χ4n) is 0.867. The average Bonchev–Trinajstić information content (AvgIpc) is 2.56. The summed E-state index contributed by atoms with van der Waals surface area (Å²) in [7, 11) is 2.51. The summed E-state index contributed by atoms with van der Waals surface area (Å²) < 4.78 is 8.40. The molecule has 0 aliphatic heterocycles. The second kappa shape index (κ2) is 32.6. The van der Waals surface area contributed by atoms with Gasteiger partial charge in [0.05, 0.1) is 14.2 Å². The van der Waals surface area contributed by atoms with Crippen LogP contribution in [0, 0.1) is 0 Å². The fourth-order valence-corrected chi connectivity index (χ4v) is 0.867. The number of carbonyl (C=O) groups excluding carboxylic acids is 4. The molecular formula is C18H36O8Ti. The van der Waals surface area contributed by atoms with Crippen molar-refractivity contribution in [3.05, 3.63) is 0 Å². The van der Waals surface area contributed by atoms with E-state index in [1.165, 1.54) is 28.1 Å². The summed E-state index contributed by atoms with van der Waals surface area (Å²) in [5.74, 6) is -1.29. The molecule has 9 heteroatoms. The van der Waals surface area contributed by atoms with Crippen LogP contribution in [0.2, 0.25) is 0 Å². The maximum absolute atomic E-state index is 10.2. The maximum atomic E-state index is 10.2. The Morgan fingerprint density at radius 1 is 0.704 bits per heavy atom. The van der Waals surface area contributed by atoms with Crippen LogP contribution in [0.25, 0.3) is 0 Å². The Morgan fingerprint density at radius 3 is 1.00 bits per heavy atom. The first kappa shape index (κ1) is 36.8. The zero-order chi connectivity index (χ0) is 21.4.